The molecule has 7 nitrogen and oxygen atoms in total. The van der Waals surface area contributed by atoms with E-state index in [1.165, 1.54) is 29.5 Å². The Kier molecular flexibility index (Phi) is 4.99. The number of benzene rings is 1. The number of carbonyl (C=O) groups excluding carboxylic acids is 1. The highest BCUT2D eigenvalue weighted by Gasteiger charge is 2.27. The van der Waals surface area contributed by atoms with E-state index in [-0.39, 0.29) is 41.6 Å². The fraction of sp³-hybridized carbons (Fsp3) is 0.529. The summed E-state index contributed by atoms with van der Waals surface area (Å²) in [5.74, 6) is -0.791. The van der Waals surface area contributed by atoms with Gasteiger partial charge in [-0.05, 0) is 37.0 Å². The lowest BCUT2D eigenvalue weighted by atomic mass is 9.86. The second kappa shape index (κ2) is 7.03. The summed E-state index contributed by atoms with van der Waals surface area (Å²) in [6.07, 6.45) is 3.39. The predicted octanol–water partition coefficient (Wildman–Crippen LogP) is 1.43. The average Bonchev–Trinajstić information content (AvgIpc) is 2.52. The molecule has 1 aliphatic carbocycles. The minimum absolute atomic E-state index is 0.0147. The zero-order valence-corrected chi connectivity index (χ0v) is 14.6. The van der Waals surface area contributed by atoms with E-state index in [0.717, 1.165) is 12.8 Å². The minimum atomic E-state index is -3.09. The van der Waals surface area contributed by atoms with Gasteiger partial charge in [-0.15, -0.1) is 0 Å². The number of aromatic carboxylic acids is 1. The molecule has 1 aliphatic heterocycles. The van der Waals surface area contributed by atoms with Gasteiger partial charge in [0.1, 0.15) is 5.75 Å². The van der Waals surface area contributed by atoms with Crippen molar-refractivity contribution in [3.8, 4) is 5.75 Å². The summed E-state index contributed by atoms with van der Waals surface area (Å²) in [5.41, 5.74) is 0.196. The fourth-order valence-corrected chi connectivity index (χ4v) is 4.10. The van der Waals surface area contributed by atoms with Crippen LogP contribution in [0.5, 0.6) is 5.75 Å². The third kappa shape index (κ3) is 4.31. The molecule has 136 valence electrons. The molecule has 2 fully saturated rings. The number of amides is 1. The van der Waals surface area contributed by atoms with Crippen molar-refractivity contribution in [2.45, 2.75) is 19.3 Å². The molecule has 1 heterocycles. The Balaban J connectivity index is 1.77. The number of carboxylic acid groups (broad SMARTS) is 1. The van der Waals surface area contributed by atoms with E-state index in [2.05, 4.69) is 0 Å². The largest absolute Gasteiger partial charge is 0.493 e. The van der Waals surface area contributed by atoms with Crippen molar-refractivity contribution in [1.29, 1.82) is 0 Å². The van der Waals surface area contributed by atoms with E-state index < -0.39 is 15.8 Å². The van der Waals surface area contributed by atoms with Crippen molar-refractivity contribution >= 4 is 21.7 Å². The first-order chi connectivity index (χ1) is 11.8. The Morgan fingerprint density at radius 1 is 1.12 bits per heavy atom. The third-order valence-electron chi connectivity index (χ3n) is 4.74. The number of sulfone groups is 1. The van der Waals surface area contributed by atoms with Crippen LogP contribution in [0.4, 0.5) is 0 Å². The molecule has 0 aromatic heterocycles. The van der Waals surface area contributed by atoms with Crippen LogP contribution in [-0.4, -0.2) is 61.5 Å². The number of hydrogen-bond acceptors (Lipinski definition) is 5. The van der Waals surface area contributed by atoms with Crippen LogP contribution in [0.1, 0.15) is 40.0 Å². The molecule has 2 aliphatic rings. The van der Waals surface area contributed by atoms with Gasteiger partial charge in [-0.1, -0.05) is 6.42 Å². The fourth-order valence-electron chi connectivity index (χ4n) is 2.90. The maximum atomic E-state index is 12.6. The standard InChI is InChI=1S/C17H21NO6S/c19-16(18-4-6-25(22,23)7-5-18)13-8-14(17(20)21)10-15(9-13)24-11-12-2-1-3-12/h8-10,12H,1-7,11H2,(H,20,21). The molecule has 1 N–H and O–H groups in total. The maximum Gasteiger partial charge on any atom is 0.335 e. The van der Waals surface area contributed by atoms with E-state index in [4.69, 9.17) is 4.74 Å². The van der Waals surface area contributed by atoms with Gasteiger partial charge in [0.25, 0.3) is 5.91 Å². The zero-order chi connectivity index (χ0) is 18.0. The molecule has 8 heteroatoms. The monoisotopic (exact) mass is 367 g/mol. The number of ether oxygens (including phenoxy) is 1. The molecule has 0 bridgehead atoms. The molecule has 1 aromatic rings. The SMILES string of the molecule is O=C(O)c1cc(OCC2CCC2)cc(C(=O)N2CCS(=O)(=O)CC2)c1. The molecular weight excluding hydrogens is 346 g/mol. The van der Waals surface area contributed by atoms with Crippen molar-refractivity contribution in [3.05, 3.63) is 29.3 Å². The average molecular weight is 367 g/mol. The molecule has 1 saturated heterocycles. The van der Waals surface area contributed by atoms with Crippen LogP contribution in [0.15, 0.2) is 18.2 Å². The van der Waals surface area contributed by atoms with Crippen LogP contribution in [0.3, 0.4) is 0 Å². The molecule has 0 unspecified atom stereocenters. The third-order valence-corrected chi connectivity index (χ3v) is 6.35. The predicted molar refractivity (Wildman–Crippen MR) is 90.8 cm³/mol. The van der Waals surface area contributed by atoms with Crippen LogP contribution >= 0.6 is 0 Å². The summed E-state index contributed by atoms with van der Waals surface area (Å²) < 4.78 is 28.7. The molecule has 3 rings (SSSR count). The van der Waals surface area contributed by atoms with Crippen LogP contribution in [0, 0.1) is 5.92 Å². The molecule has 0 atom stereocenters. The Morgan fingerprint density at radius 3 is 2.32 bits per heavy atom. The van der Waals surface area contributed by atoms with Crippen molar-refractivity contribution < 1.29 is 27.9 Å². The van der Waals surface area contributed by atoms with Crippen LogP contribution in [0.25, 0.3) is 0 Å². The number of hydrogen-bond donors (Lipinski definition) is 1. The number of nitrogens with zero attached hydrogens (tertiary/aromatic N) is 1. The highest BCUT2D eigenvalue weighted by atomic mass is 32.2. The molecule has 1 amide bonds. The Labute approximate surface area is 146 Å². The lowest BCUT2D eigenvalue weighted by molar-refractivity contribution is 0.0696. The zero-order valence-electron chi connectivity index (χ0n) is 13.8. The Bertz CT molecular complexity index is 770. The maximum absolute atomic E-state index is 12.6. The number of rotatable bonds is 5. The van der Waals surface area contributed by atoms with Crippen LogP contribution in [-0.2, 0) is 9.84 Å². The second-order valence-corrected chi connectivity index (χ2v) is 8.91. The minimum Gasteiger partial charge on any atom is -0.493 e. The van der Waals surface area contributed by atoms with Crippen LogP contribution in [0.2, 0.25) is 0 Å². The van der Waals surface area contributed by atoms with Gasteiger partial charge in [0.05, 0.1) is 23.7 Å². The molecule has 0 radical (unpaired) electrons. The van der Waals surface area contributed by atoms with E-state index in [9.17, 15) is 23.1 Å². The first kappa shape index (κ1) is 17.7. The molecular formula is C17H21NO6S. The summed E-state index contributed by atoms with van der Waals surface area (Å²) in [5, 5.41) is 9.27. The summed E-state index contributed by atoms with van der Waals surface area (Å²) >= 11 is 0. The van der Waals surface area contributed by atoms with E-state index >= 15 is 0 Å². The first-order valence-corrected chi connectivity index (χ1v) is 10.2. The van der Waals surface area contributed by atoms with Gasteiger partial charge in [0, 0.05) is 18.7 Å². The van der Waals surface area contributed by atoms with Gasteiger partial charge < -0.3 is 14.7 Å². The lowest BCUT2D eigenvalue weighted by Crippen LogP contribution is -2.43. The lowest BCUT2D eigenvalue weighted by Gasteiger charge is -2.27. The van der Waals surface area contributed by atoms with E-state index in [0.29, 0.717) is 18.3 Å². The van der Waals surface area contributed by atoms with Gasteiger partial charge in [-0.25, -0.2) is 13.2 Å². The highest BCUT2D eigenvalue weighted by Crippen LogP contribution is 2.28. The summed E-state index contributed by atoms with van der Waals surface area (Å²) in [4.78, 5) is 25.4. The van der Waals surface area contributed by atoms with E-state index in [1.54, 1.807) is 0 Å². The number of carboxylic acids is 1. The van der Waals surface area contributed by atoms with Crippen LogP contribution < -0.4 is 4.74 Å². The Hall–Kier alpha value is -2.09. The molecule has 0 spiro atoms. The molecule has 25 heavy (non-hydrogen) atoms. The van der Waals surface area contributed by atoms with E-state index in [1.807, 2.05) is 0 Å². The first-order valence-electron chi connectivity index (χ1n) is 8.35. The van der Waals surface area contributed by atoms with Gasteiger partial charge >= 0.3 is 5.97 Å². The van der Waals surface area contributed by atoms with Gasteiger partial charge in [-0.2, -0.15) is 0 Å². The number of carbonyl (C=O) groups is 2. The van der Waals surface area contributed by atoms with Gasteiger partial charge in [0.15, 0.2) is 9.84 Å². The Morgan fingerprint density at radius 2 is 1.76 bits per heavy atom. The van der Waals surface area contributed by atoms with Gasteiger partial charge in [-0.3, -0.25) is 4.79 Å². The smallest absolute Gasteiger partial charge is 0.335 e. The quantitative estimate of drug-likeness (QED) is 0.845. The summed E-state index contributed by atoms with van der Waals surface area (Å²) in [6.45, 7) is 0.756. The summed E-state index contributed by atoms with van der Waals surface area (Å²) in [7, 11) is -3.09. The van der Waals surface area contributed by atoms with Gasteiger partial charge in [0.2, 0.25) is 0 Å². The van der Waals surface area contributed by atoms with Crippen molar-refractivity contribution in [2.24, 2.45) is 5.92 Å². The van der Waals surface area contributed by atoms with Crippen molar-refractivity contribution in [2.75, 3.05) is 31.2 Å². The van der Waals surface area contributed by atoms with Crippen molar-refractivity contribution in [3.63, 3.8) is 0 Å². The van der Waals surface area contributed by atoms with Crippen molar-refractivity contribution in [1.82, 2.24) is 4.90 Å². The molecule has 1 saturated carbocycles. The second-order valence-electron chi connectivity index (χ2n) is 6.60. The summed E-state index contributed by atoms with van der Waals surface area (Å²) in [6, 6.07) is 4.26. The normalized spacial score (nSPS) is 19.9. The topological polar surface area (TPSA) is 101 Å². The molecule has 1 aromatic carbocycles. The highest BCUT2D eigenvalue weighted by molar-refractivity contribution is 7.91.